The lowest BCUT2D eigenvalue weighted by Crippen LogP contribution is -1.98. The molecule has 0 rings (SSSR count). The summed E-state index contributed by atoms with van der Waals surface area (Å²) in [5.41, 5.74) is 0. The molecule has 0 aliphatic heterocycles. The van der Waals surface area contributed by atoms with Gasteiger partial charge in [0.05, 0.1) is 0 Å². The van der Waals surface area contributed by atoms with Gasteiger partial charge in [-0.2, -0.15) is 0 Å². The highest BCUT2D eigenvalue weighted by Gasteiger charge is 2.04. The fourth-order valence-corrected chi connectivity index (χ4v) is 3.01. The number of hydrogen-bond acceptors (Lipinski definition) is 0. The molecule has 0 heteroatoms. The third kappa shape index (κ3) is 14.4. The minimum Gasteiger partial charge on any atom is -0.0651 e. The van der Waals surface area contributed by atoms with Crippen molar-refractivity contribution in [1.82, 2.24) is 0 Å². The van der Waals surface area contributed by atoms with Crippen molar-refractivity contribution in [3.8, 4) is 0 Å². The Kier molecular flexibility index (Phi) is 17.1. The molecule has 0 heterocycles. The highest BCUT2D eigenvalue weighted by molar-refractivity contribution is 4.59. The van der Waals surface area contributed by atoms with Crippen LogP contribution in [0.25, 0.3) is 0 Å². The zero-order valence-corrected chi connectivity index (χ0v) is 14.3. The van der Waals surface area contributed by atoms with Crippen molar-refractivity contribution >= 4 is 0 Å². The summed E-state index contributed by atoms with van der Waals surface area (Å²) in [6, 6.07) is 0. The monoisotopic (exact) mass is 280 g/mol. The molecule has 0 amide bonds. The van der Waals surface area contributed by atoms with Gasteiger partial charge in [0, 0.05) is 0 Å². The second-order valence-corrected chi connectivity index (χ2v) is 6.45. The first-order valence-corrected chi connectivity index (χ1v) is 9.43. The molecule has 0 aliphatic carbocycles. The summed E-state index contributed by atoms with van der Waals surface area (Å²) in [6.45, 7) is 10.2. The van der Waals surface area contributed by atoms with Crippen molar-refractivity contribution in [2.45, 2.75) is 110 Å². The van der Waals surface area contributed by atoms with Gasteiger partial charge in [0.2, 0.25) is 0 Å². The quantitative estimate of drug-likeness (QED) is 0.256. The van der Waals surface area contributed by atoms with Crippen LogP contribution in [-0.2, 0) is 0 Å². The van der Waals surface area contributed by atoms with E-state index in [1.807, 2.05) is 0 Å². The van der Waals surface area contributed by atoms with E-state index in [1.165, 1.54) is 89.9 Å². The van der Waals surface area contributed by atoms with Crippen LogP contribution < -0.4 is 0 Å². The van der Waals surface area contributed by atoms with Crippen LogP contribution >= 0.6 is 0 Å². The molecule has 1 atom stereocenters. The normalized spacial score (nSPS) is 12.8. The molecule has 0 aromatic carbocycles. The molecule has 0 aromatic heterocycles. The molecule has 0 bridgehead atoms. The first-order valence-electron chi connectivity index (χ1n) is 9.43. The van der Waals surface area contributed by atoms with Gasteiger partial charge in [-0.15, -0.1) is 0 Å². The molecule has 1 unspecified atom stereocenters. The van der Waals surface area contributed by atoms with Crippen molar-refractivity contribution in [2.24, 2.45) is 5.92 Å². The van der Waals surface area contributed by atoms with Crippen LogP contribution in [0.5, 0.6) is 0 Å². The molecule has 120 valence electrons. The smallest absolute Gasteiger partial charge is 0.0417 e. The van der Waals surface area contributed by atoms with E-state index in [0.717, 1.165) is 18.8 Å². The van der Waals surface area contributed by atoms with E-state index in [1.54, 1.807) is 0 Å². The van der Waals surface area contributed by atoms with Crippen molar-refractivity contribution < 1.29 is 0 Å². The molecule has 0 fully saturated rings. The third-order valence-electron chi connectivity index (χ3n) is 4.55. The topological polar surface area (TPSA) is 0 Å². The SMILES string of the molecule is [CH2]CCCCCCCCCCCCC(CC)CCC[CH2]. The highest BCUT2D eigenvalue weighted by atomic mass is 14.1. The molecule has 0 aliphatic rings. The predicted octanol–water partition coefficient (Wildman–Crippen LogP) is 7.53. The van der Waals surface area contributed by atoms with Crippen LogP contribution in [0.15, 0.2) is 0 Å². The molecule has 0 spiro atoms. The molecular weight excluding hydrogens is 240 g/mol. The van der Waals surface area contributed by atoms with Crippen LogP contribution in [0.4, 0.5) is 0 Å². The molecule has 0 N–H and O–H groups in total. The lowest BCUT2D eigenvalue weighted by Gasteiger charge is -2.13. The van der Waals surface area contributed by atoms with E-state index in [9.17, 15) is 0 Å². The zero-order valence-electron chi connectivity index (χ0n) is 14.3. The molecule has 0 nitrogen and oxygen atoms in total. The van der Waals surface area contributed by atoms with Gasteiger partial charge < -0.3 is 0 Å². The molecule has 2 radical (unpaired) electrons. The second-order valence-electron chi connectivity index (χ2n) is 6.45. The maximum Gasteiger partial charge on any atom is -0.0417 e. The van der Waals surface area contributed by atoms with Crippen LogP contribution in [0.3, 0.4) is 0 Å². The largest absolute Gasteiger partial charge is 0.0651 e. The molecule has 0 saturated carbocycles. The molecule has 20 heavy (non-hydrogen) atoms. The standard InChI is InChI=1S/C20H40/c1-4-7-9-10-11-12-13-14-15-16-17-19-20(6-3)18-8-5-2/h20H,1-2,4-19H2,3H3. The van der Waals surface area contributed by atoms with E-state index in [4.69, 9.17) is 0 Å². The minimum absolute atomic E-state index is 0.977. The average molecular weight is 281 g/mol. The summed E-state index contributed by atoms with van der Waals surface area (Å²) in [5, 5.41) is 0. The number of hydrogen-bond donors (Lipinski definition) is 0. The van der Waals surface area contributed by atoms with Crippen molar-refractivity contribution in [3.05, 3.63) is 13.8 Å². The van der Waals surface area contributed by atoms with Crippen LogP contribution in [-0.4, -0.2) is 0 Å². The van der Waals surface area contributed by atoms with Gasteiger partial charge >= 0.3 is 0 Å². The zero-order chi connectivity index (χ0) is 14.9. The summed E-state index contributed by atoms with van der Waals surface area (Å²) < 4.78 is 0. The maximum absolute atomic E-state index is 3.95. The van der Waals surface area contributed by atoms with Gasteiger partial charge in [-0.05, 0) is 5.92 Å². The Hall–Kier alpha value is 0. The Morgan fingerprint density at radius 1 is 0.550 bits per heavy atom. The van der Waals surface area contributed by atoms with Gasteiger partial charge in [-0.1, -0.05) is 124 Å². The van der Waals surface area contributed by atoms with E-state index >= 15 is 0 Å². The number of rotatable bonds is 16. The first kappa shape index (κ1) is 20.0. The van der Waals surface area contributed by atoms with E-state index in [0.29, 0.717) is 0 Å². The van der Waals surface area contributed by atoms with E-state index < -0.39 is 0 Å². The average Bonchev–Trinajstić information content (AvgIpc) is 2.48. The number of unbranched alkanes of at least 4 members (excludes halogenated alkanes) is 11. The Morgan fingerprint density at radius 2 is 0.950 bits per heavy atom. The first-order chi connectivity index (χ1) is 9.85. The predicted molar refractivity (Wildman–Crippen MR) is 93.8 cm³/mol. The van der Waals surface area contributed by atoms with Crippen LogP contribution in [0.1, 0.15) is 110 Å². The summed E-state index contributed by atoms with van der Waals surface area (Å²) in [6.07, 6.45) is 22.2. The minimum atomic E-state index is 0.977. The summed E-state index contributed by atoms with van der Waals surface area (Å²) >= 11 is 0. The van der Waals surface area contributed by atoms with Crippen molar-refractivity contribution in [3.63, 3.8) is 0 Å². The Morgan fingerprint density at radius 3 is 1.40 bits per heavy atom. The third-order valence-corrected chi connectivity index (χ3v) is 4.55. The van der Waals surface area contributed by atoms with Crippen LogP contribution in [0.2, 0.25) is 0 Å². The molecular formula is C20H40. The highest BCUT2D eigenvalue weighted by Crippen LogP contribution is 2.20. The fourth-order valence-electron chi connectivity index (χ4n) is 3.01. The Balaban J connectivity index is 3.15. The van der Waals surface area contributed by atoms with Crippen molar-refractivity contribution in [1.29, 1.82) is 0 Å². The van der Waals surface area contributed by atoms with Crippen molar-refractivity contribution in [2.75, 3.05) is 0 Å². The van der Waals surface area contributed by atoms with E-state index in [2.05, 4.69) is 20.8 Å². The molecule has 0 saturated heterocycles. The Labute approximate surface area is 130 Å². The van der Waals surface area contributed by atoms with Gasteiger partial charge in [0.25, 0.3) is 0 Å². The second kappa shape index (κ2) is 17.1. The summed E-state index contributed by atoms with van der Waals surface area (Å²) in [4.78, 5) is 0. The Bertz CT molecular complexity index is 161. The summed E-state index contributed by atoms with van der Waals surface area (Å²) in [5.74, 6) is 0.977. The van der Waals surface area contributed by atoms with E-state index in [-0.39, 0.29) is 0 Å². The fraction of sp³-hybridized carbons (Fsp3) is 0.900. The summed E-state index contributed by atoms with van der Waals surface area (Å²) in [7, 11) is 0. The van der Waals surface area contributed by atoms with Gasteiger partial charge in [-0.3, -0.25) is 0 Å². The van der Waals surface area contributed by atoms with Gasteiger partial charge in [0.1, 0.15) is 0 Å². The van der Waals surface area contributed by atoms with Gasteiger partial charge in [-0.25, -0.2) is 0 Å². The lowest BCUT2D eigenvalue weighted by atomic mass is 9.93. The molecule has 0 aromatic rings. The van der Waals surface area contributed by atoms with Crippen LogP contribution in [0, 0.1) is 19.8 Å². The van der Waals surface area contributed by atoms with Gasteiger partial charge in [0.15, 0.2) is 0 Å². The lowest BCUT2D eigenvalue weighted by molar-refractivity contribution is 0.402. The maximum atomic E-state index is 3.95.